The molecule has 0 unspecified atom stereocenters. The number of hydrogen-bond donors (Lipinski definition) is 1. The van der Waals surface area contributed by atoms with Crippen molar-refractivity contribution in [3.05, 3.63) is 42.2 Å². The summed E-state index contributed by atoms with van der Waals surface area (Å²) in [5, 5.41) is 1.99. The molecule has 1 amide bonds. The fourth-order valence-corrected chi connectivity index (χ4v) is 1.24. The number of aromatic nitrogens is 1. The Morgan fingerprint density at radius 1 is 1.13 bits per heavy atom. The van der Waals surface area contributed by atoms with Crippen molar-refractivity contribution in [3.63, 3.8) is 0 Å². The summed E-state index contributed by atoms with van der Waals surface area (Å²) < 4.78 is 0. The van der Waals surface area contributed by atoms with Crippen LogP contribution >= 0.6 is 24.8 Å². The molecule has 1 heterocycles. The molecule has 0 aliphatic carbocycles. The number of primary amides is 1. The lowest BCUT2D eigenvalue weighted by Crippen LogP contribution is -2.10. The molecule has 5 heteroatoms. The molecule has 0 atom stereocenters. The van der Waals surface area contributed by atoms with Gasteiger partial charge >= 0.3 is 0 Å². The van der Waals surface area contributed by atoms with Crippen LogP contribution in [0, 0.1) is 0 Å². The van der Waals surface area contributed by atoms with E-state index < -0.39 is 5.91 Å². The predicted molar refractivity (Wildman–Crippen MR) is 64.8 cm³/mol. The van der Waals surface area contributed by atoms with Crippen LogP contribution in [0.5, 0.6) is 0 Å². The van der Waals surface area contributed by atoms with Crippen LogP contribution in [0.25, 0.3) is 10.8 Å². The van der Waals surface area contributed by atoms with Gasteiger partial charge in [0, 0.05) is 23.3 Å². The zero-order valence-electron chi connectivity index (χ0n) is 7.71. The molecule has 2 rings (SSSR count). The zero-order chi connectivity index (χ0) is 9.26. The second kappa shape index (κ2) is 5.53. The van der Waals surface area contributed by atoms with Gasteiger partial charge in [-0.05, 0) is 23.6 Å². The standard InChI is InChI=1S/C10H8N2O.2ClH/c11-10(13)8-2-1-7-3-4-12-6-9(7)5-8;;/h1-6H,(H2,11,13);2*1H. The van der Waals surface area contributed by atoms with Gasteiger partial charge in [-0.25, -0.2) is 0 Å². The normalized spacial score (nSPS) is 8.80. The van der Waals surface area contributed by atoms with Crippen molar-refractivity contribution in [3.8, 4) is 0 Å². The smallest absolute Gasteiger partial charge is 0.248 e. The number of nitrogens with zero attached hydrogens (tertiary/aromatic N) is 1. The summed E-state index contributed by atoms with van der Waals surface area (Å²) in [5.41, 5.74) is 5.66. The minimum absolute atomic E-state index is 0. The second-order valence-corrected chi connectivity index (χ2v) is 2.80. The molecule has 2 N–H and O–H groups in total. The van der Waals surface area contributed by atoms with Crippen molar-refractivity contribution in [2.45, 2.75) is 0 Å². The highest BCUT2D eigenvalue weighted by Crippen LogP contribution is 2.13. The molecule has 0 aliphatic heterocycles. The lowest BCUT2D eigenvalue weighted by molar-refractivity contribution is 0.100. The van der Waals surface area contributed by atoms with E-state index in [1.54, 1.807) is 24.5 Å². The summed E-state index contributed by atoms with van der Waals surface area (Å²) in [4.78, 5) is 14.8. The fourth-order valence-electron chi connectivity index (χ4n) is 1.24. The Balaban J connectivity index is 0.000000980. The third kappa shape index (κ3) is 2.81. The zero-order valence-corrected chi connectivity index (χ0v) is 9.35. The van der Waals surface area contributed by atoms with Gasteiger partial charge in [-0.3, -0.25) is 9.78 Å². The van der Waals surface area contributed by atoms with E-state index in [1.807, 2.05) is 12.1 Å². The average Bonchev–Trinajstić information content (AvgIpc) is 2.17. The minimum Gasteiger partial charge on any atom is -0.366 e. The van der Waals surface area contributed by atoms with Gasteiger partial charge in [0.2, 0.25) is 5.91 Å². The second-order valence-electron chi connectivity index (χ2n) is 2.80. The Hall–Kier alpha value is -1.32. The molecule has 0 saturated carbocycles. The van der Waals surface area contributed by atoms with E-state index in [0.717, 1.165) is 10.8 Å². The number of carbonyl (C=O) groups excluding carboxylic acids is 1. The van der Waals surface area contributed by atoms with Crippen molar-refractivity contribution in [2.75, 3.05) is 0 Å². The number of hydrogen-bond acceptors (Lipinski definition) is 2. The van der Waals surface area contributed by atoms with Gasteiger partial charge in [0.15, 0.2) is 0 Å². The maximum absolute atomic E-state index is 10.8. The number of fused-ring (bicyclic) bond motifs is 1. The molecular weight excluding hydrogens is 235 g/mol. The van der Waals surface area contributed by atoms with Crippen molar-refractivity contribution >= 4 is 41.5 Å². The Labute approximate surface area is 99.5 Å². The number of carbonyl (C=O) groups is 1. The van der Waals surface area contributed by atoms with E-state index in [4.69, 9.17) is 5.73 Å². The first-order chi connectivity index (χ1) is 6.27. The van der Waals surface area contributed by atoms with Crippen LogP contribution in [0.1, 0.15) is 10.4 Å². The monoisotopic (exact) mass is 244 g/mol. The lowest BCUT2D eigenvalue weighted by Gasteiger charge is -1.98. The van der Waals surface area contributed by atoms with Gasteiger partial charge in [-0.2, -0.15) is 0 Å². The molecule has 1 aromatic carbocycles. The summed E-state index contributed by atoms with van der Waals surface area (Å²) in [7, 11) is 0. The van der Waals surface area contributed by atoms with E-state index >= 15 is 0 Å². The number of nitrogens with two attached hydrogens (primary N) is 1. The lowest BCUT2D eigenvalue weighted by atomic mass is 10.1. The Bertz CT molecular complexity index is 474. The molecule has 0 bridgehead atoms. The summed E-state index contributed by atoms with van der Waals surface area (Å²) in [6.07, 6.45) is 3.42. The summed E-state index contributed by atoms with van der Waals surface area (Å²) in [6.45, 7) is 0. The van der Waals surface area contributed by atoms with E-state index in [9.17, 15) is 4.79 Å². The van der Waals surface area contributed by atoms with Gasteiger partial charge in [-0.1, -0.05) is 6.07 Å². The Morgan fingerprint density at radius 2 is 1.87 bits per heavy atom. The molecule has 15 heavy (non-hydrogen) atoms. The first-order valence-corrected chi connectivity index (χ1v) is 3.91. The summed E-state index contributed by atoms with van der Waals surface area (Å²) in [6, 6.07) is 7.20. The fraction of sp³-hybridized carbons (Fsp3) is 0. The Morgan fingerprint density at radius 3 is 2.53 bits per heavy atom. The van der Waals surface area contributed by atoms with Gasteiger partial charge in [0.25, 0.3) is 0 Å². The first kappa shape index (κ1) is 13.7. The molecule has 0 saturated heterocycles. The molecule has 0 radical (unpaired) electrons. The molecular formula is C10H10Cl2N2O. The highest BCUT2D eigenvalue weighted by atomic mass is 35.5. The average molecular weight is 245 g/mol. The third-order valence-corrected chi connectivity index (χ3v) is 1.93. The van der Waals surface area contributed by atoms with Crippen molar-refractivity contribution in [2.24, 2.45) is 5.73 Å². The van der Waals surface area contributed by atoms with Crippen LogP contribution in [0.15, 0.2) is 36.7 Å². The minimum atomic E-state index is -0.411. The first-order valence-electron chi connectivity index (χ1n) is 3.91. The van der Waals surface area contributed by atoms with Crippen LogP contribution in [0.3, 0.4) is 0 Å². The van der Waals surface area contributed by atoms with Crippen molar-refractivity contribution in [1.82, 2.24) is 4.98 Å². The molecule has 2 aromatic rings. The van der Waals surface area contributed by atoms with E-state index in [2.05, 4.69) is 4.98 Å². The van der Waals surface area contributed by atoms with Gasteiger partial charge < -0.3 is 5.73 Å². The van der Waals surface area contributed by atoms with Crippen LogP contribution in [0.2, 0.25) is 0 Å². The van der Waals surface area contributed by atoms with E-state index in [1.165, 1.54) is 0 Å². The number of pyridine rings is 1. The molecule has 0 aliphatic rings. The molecule has 0 fully saturated rings. The van der Waals surface area contributed by atoms with E-state index in [-0.39, 0.29) is 24.8 Å². The van der Waals surface area contributed by atoms with Crippen LogP contribution < -0.4 is 5.73 Å². The molecule has 1 aromatic heterocycles. The summed E-state index contributed by atoms with van der Waals surface area (Å²) >= 11 is 0. The molecule has 0 spiro atoms. The van der Waals surface area contributed by atoms with Gasteiger partial charge in [0.1, 0.15) is 0 Å². The predicted octanol–water partition coefficient (Wildman–Crippen LogP) is 2.18. The maximum Gasteiger partial charge on any atom is 0.248 e. The summed E-state index contributed by atoms with van der Waals surface area (Å²) in [5.74, 6) is -0.411. The number of halogens is 2. The highest BCUT2D eigenvalue weighted by Gasteiger charge is 2.00. The highest BCUT2D eigenvalue weighted by molar-refractivity contribution is 5.97. The van der Waals surface area contributed by atoms with Gasteiger partial charge in [0.05, 0.1) is 0 Å². The van der Waals surface area contributed by atoms with Crippen LogP contribution in [-0.2, 0) is 0 Å². The number of benzene rings is 1. The van der Waals surface area contributed by atoms with Crippen molar-refractivity contribution in [1.29, 1.82) is 0 Å². The SMILES string of the molecule is Cl.Cl.NC(=O)c1ccc2ccncc2c1. The number of rotatable bonds is 1. The van der Waals surface area contributed by atoms with Gasteiger partial charge in [-0.15, -0.1) is 24.8 Å². The van der Waals surface area contributed by atoms with Crippen LogP contribution in [0.4, 0.5) is 0 Å². The number of amides is 1. The maximum atomic E-state index is 10.8. The molecule has 3 nitrogen and oxygen atoms in total. The van der Waals surface area contributed by atoms with Crippen molar-refractivity contribution < 1.29 is 4.79 Å². The Kier molecular flexibility index (Phi) is 5.05. The molecule has 80 valence electrons. The van der Waals surface area contributed by atoms with Crippen LogP contribution in [-0.4, -0.2) is 10.9 Å². The van der Waals surface area contributed by atoms with E-state index in [0.29, 0.717) is 5.56 Å². The topological polar surface area (TPSA) is 56.0 Å². The third-order valence-electron chi connectivity index (χ3n) is 1.93. The largest absolute Gasteiger partial charge is 0.366 e. The quantitative estimate of drug-likeness (QED) is 0.837.